The van der Waals surface area contributed by atoms with E-state index in [2.05, 4.69) is 20.7 Å². The molecule has 1 aromatic rings. The molecular weight excluding hydrogens is 326 g/mol. The summed E-state index contributed by atoms with van der Waals surface area (Å²) in [4.78, 5) is 0.589. The van der Waals surface area contributed by atoms with Crippen molar-refractivity contribution in [3.05, 3.63) is 29.8 Å². The lowest BCUT2D eigenvalue weighted by Crippen LogP contribution is -2.40. The van der Waals surface area contributed by atoms with E-state index in [-0.39, 0.29) is 10.9 Å². The van der Waals surface area contributed by atoms with Crippen LogP contribution in [-0.2, 0) is 10.0 Å². The van der Waals surface area contributed by atoms with Gasteiger partial charge in [0.1, 0.15) is 0 Å². The van der Waals surface area contributed by atoms with E-state index in [1.54, 1.807) is 18.2 Å². The predicted molar refractivity (Wildman–Crippen MR) is 81.1 cm³/mol. The van der Waals surface area contributed by atoms with Gasteiger partial charge in [-0.25, -0.2) is 13.1 Å². The van der Waals surface area contributed by atoms with Crippen molar-refractivity contribution in [3.8, 4) is 0 Å². The molecule has 2 rings (SSSR count). The van der Waals surface area contributed by atoms with Crippen LogP contribution in [0.4, 0.5) is 0 Å². The van der Waals surface area contributed by atoms with Crippen LogP contribution in [0.15, 0.2) is 29.2 Å². The average molecular weight is 346 g/mol. The SMILES string of the molecule is Cc1cccc(S(=O)(=O)NC2CCCCCC2Br)c1. The van der Waals surface area contributed by atoms with E-state index in [1.807, 2.05) is 13.0 Å². The van der Waals surface area contributed by atoms with Crippen LogP contribution in [0.2, 0.25) is 0 Å². The second kappa shape index (κ2) is 6.37. The van der Waals surface area contributed by atoms with Gasteiger partial charge in [0.05, 0.1) is 4.90 Å². The van der Waals surface area contributed by atoms with E-state index in [1.165, 1.54) is 12.8 Å². The van der Waals surface area contributed by atoms with Crippen molar-refractivity contribution in [1.82, 2.24) is 4.72 Å². The van der Waals surface area contributed by atoms with Gasteiger partial charge >= 0.3 is 0 Å². The first-order valence-electron chi connectivity index (χ1n) is 6.72. The Balaban J connectivity index is 2.16. The number of alkyl halides is 1. The lowest BCUT2D eigenvalue weighted by atomic mass is 10.1. The van der Waals surface area contributed by atoms with Crippen molar-refractivity contribution >= 4 is 26.0 Å². The topological polar surface area (TPSA) is 46.2 Å². The highest BCUT2D eigenvalue weighted by molar-refractivity contribution is 9.09. The summed E-state index contributed by atoms with van der Waals surface area (Å²) in [7, 11) is -3.41. The first-order valence-corrected chi connectivity index (χ1v) is 9.12. The summed E-state index contributed by atoms with van der Waals surface area (Å²) >= 11 is 3.62. The molecule has 106 valence electrons. The zero-order chi connectivity index (χ0) is 13.9. The molecule has 0 bridgehead atoms. The highest BCUT2D eigenvalue weighted by atomic mass is 79.9. The van der Waals surface area contributed by atoms with Gasteiger partial charge in [-0.2, -0.15) is 0 Å². The first kappa shape index (κ1) is 15.0. The Labute approximate surface area is 124 Å². The number of hydrogen-bond donors (Lipinski definition) is 1. The molecule has 1 fully saturated rings. The minimum atomic E-state index is -3.41. The van der Waals surface area contributed by atoms with Gasteiger partial charge in [-0.1, -0.05) is 47.3 Å². The maximum absolute atomic E-state index is 12.4. The van der Waals surface area contributed by atoms with Crippen molar-refractivity contribution in [3.63, 3.8) is 0 Å². The van der Waals surface area contributed by atoms with Gasteiger partial charge in [-0.05, 0) is 37.5 Å². The zero-order valence-electron chi connectivity index (χ0n) is 11.1. The second-order valence-electron chi connectivity index (χ2n) is 5.20. The van der Waals surface area contributed by atoms with Gasteiger partial charge in [-0.3, -0.25) is 0 Å². The van der Waals surface area contributed by atoms with Crippen LogP contribution in [0, 0.1) is 6.92 Å². The molecule has 0 heterocycles. The molecule has 0 saturated heterocycles. The molecule has 0 aromatic heterocycles. The maximum atomic E-state index is 12.4. The van der Waals surface area contributed by atoms with Crippen molar-refractivity contribution in [1.29, 1.82) is 0 Å². The summed E-state index contributed by atoms with van der Waals surface area (Å²) in [5, 5.41) is 0. The number of aryl methyl sites for hydroxylation is 1. The Bertz CT molecular complexity index is 530. The van der Waals surface area contributed by atoms with Crippen LogP contribution in [0.3, 0.4) is 0 Å². The second-order valence-corrected chi connectivity index (χ2v) is 8.09. The Morgan fingerprint density at radius 1 is 1.21 bits per heavy atom. The van der Waals surface area contributed by atoms with Crippen LogP contribution >= 0.6 is 15.9 Å². The highest BCUT2D eigenvalue weighted by Gasteiger charge is 2.26. The van der Waals surface area contributed by atoms with E-state index < -0.39 is 10.0 Å². The molecule has 1 saturated carbocycles. The number of rotatable bonds is 3. The summed E-state index contributed by atoms with van der Waals surface area (Å²) in [5.74, 6) is 0. The number of hydrogen-bond acceptors (Lipinski definition) is 2. The van der Waals surface area contributed by atoms with E-state index in [4.69, 9.17) is 0 Å². The fourth-order valence-electron chi connectivity index (χ4n) is 2.44. The van der Waals surface area contributed by atoms with Crippen LogP contribution in [-0.4, -0.2) is 19.3 Å². The smallest absolute Gasteiger partial charge is 0.207 e. The van der Waals surface area contributed by atoms with Gasteiger partial charge in [0.2, 0.25) is 10.0 Å². The molecule has 5 heteroatoms. The molecule has 1 aliphatic rings. The summed E-state index contributed by atoms with van der Waals surface area (Å²) in [6, 6.07) is 7.03. The van der Waals surface area contributed by atoms with Gasteiger partial charge in [-0.15, -0.1) is 0 Å². The number of benzene rings is 1. The van der Waals surface area contributed by atoms with E-state index >= 15 is 0 Å². The molecule has 1 aliphatic carbocycles. The number of sulfonamides is 1. The maximum Gasteiger partial charge on any atom is 0.240 e. The average Bonchev–Trinajstić information content (AvgIpc) is 2.55. The third-order valence-corrected chi connectivity index (χ3v) is 6.12. The summed E-state index contributed by atoms with van der Waals surface area (Å²) in [6.07, 6.45) is 5.37. The molecule has 0 spiro atoms. The van der Waals surface area contributed by atoms with Crippen LogP contribution in [0.5, 0.6) is 0 Å². The van der Waals surface area contributed by atoms with Gasteiger partial charge < -0.3 is 0 Å². The fraction of sp³-hybridized carbons (Fsp3) is 0.571. The molecule has 0 radical (unpaired) electrons. The van der Waals surface area contributed by atoms with Crippen LogP contribution in [0.1, 0.15) is 37.7 Å². The molecule has 0 aliphatic heterocycles. The van der Waals surface area contributed by atoms with Gasteiger partial charge in [0, 0.05) is 10.9 Å². The molecule has 0 amide bonds. The lowest BCUT2D eigenvalue weighted by molar-refractivity contribution is 0.521. The molecule has 2 atom stereocenters. The van der Waals surface area contributed by atoms with E-state index in [9.17, 15) is 8.42 Å². The Morgan fingerprint density at radius 3 is 2.68 bits per heavy atom. The Morgan fingerprint density at radius 2 is 1.95 bits per heavy atom. The summed E-state index contributed by atoms with van der Waals surface area (Å²) in [5.41, 5.74) is 0.958. The van der Waals surface area contributed by atoms with Crippen molar-refractivity contribution in [2.24, 2.45) is 0 Å². The fourth-order valence-corrected chi connectivity index (χ4v) is 4.76. The Kier molecular flexibility index (Phi) is 5.03. The normalized spacial score (nSPS) is 24.9. The standard InChI is InChI=1S/C14H20BrNO2S/c1-11-6-5-7-12(10-11)19(17,18)16-14-9-4-2-3-8-13(14)15/h5-7,10,13-14,16H,2-4,8-9H2,1H3. The molecule has 3 nitrogen and oxygen atoms in total. The molecule has 1 N–H and O–H groups in total. The van der Waals surface area contributed by atoms with E-state index in [0.29, 0.717) is 4.90 Å². The van der Waals surface area contributed by atoms with Crippen LogP contribution in [0.25, 0.3) is 0 Å². The van der Waals surface area contributed by atoms with Crippen LogP contribution < -0.4 is 4.72 Å². The highest BCUT2D eigenvalue weighted by Crippen LogP contribution is 2.25. The van der Waals surface area contributed by atoms with Crippen molar-refractivity contribution in [2.45, 2.75) is 54.8 Å². The van der Waals surface area contributed by atoms with Crippen molar-refractivity contribution < 1.29 is 8.42 Å². The largest absolute Gasteiger partial charge is 0.240 e. The molecule has 2 unspecified atom stereocenters. The Hall–Kier alpha value is -0.390. The third-order valence-electron chi connectivity index (χ3n) is 3.54. The molecule has 19 heavy (non-hydrogen) atoms. The first-order chi connectivity index (χ1) is 8.99. The van der Waals surface area contributed by atoms with Crippen molar-refractivity contribution in [2.75, 3.05) is 0 Å². The number of nitrogens with one attached hydrogen (secondary N) is 1. The molecular formula is C14H20BrNO2S. The summed E-state index contributed by atoms with van der Waals surface area (Å²) < 4.78 is 27.6. The molecule has 1 aromatic carbocycles. The van der Waals surface area contributed by atoms with Gasteiger partial charge in [0.25, 0.3) is 0 Å². The minimum absolute atomic E-state index is 0.00647. The quantitative estimate of drug-likeness (QED) is 0.674. The van der Waals surface area contributed by atoms with Gasteiger partial charge in [0.15, 0.2) is 0 Å². The third kappa shape index (κ3) is 4.04. The lowest BCUT2D eigenvalue weighted by Gasteiger charge is -2.21. The predicted octanol–water partition coefficient (Wildman–Crippen LogP) is 3.37. The minimum Gasteiger partial charge on any atom is -0.207 e. The monoisotopic (exact) mass is 345 g/mol. The zero-order valence-corrected chi connectivity index (χ0v) is 13.5. The van der Waals surface area contributed by atoms with E-state index in [0.717, 1.165) is 24.8 Å². The summed E-state index contributed by atoms with van der Waals surface area (Å²) in [6.45, 7) is 1.90. The number of halogens is 1.